The highest BCUT2D eigenvalue weighted by Crippen LogP contribution is 2.35. The van der Waals surface area contributed by atoms with Crippen molar-refractivity contribution in [2.75, 3.05) is 20.1 Å². The SMILES string of the molecule is CC1CN(C)CCC[C@]1(C)I. The quantitative estimate of drug-likeness (QED) is 0.481. The Kier molecular flexibility index (Phi) is 3.20. The summed E-state index contributed by atoms with van der Waals surface area (Å²) in [6, 6.07) is 0. The number of likely N-dealkylation sites (tertiary alicyclic amines) is 1. The molecule has 0 saturated carbocycles. The summed E-state index contributed by atoms with van der Waals surface area (Å²) in [6.45, 7) is 7.30. The Hall–Kier alpha value is 0.690. The monoisotopic (exact) mass is 267 g/mol. The van der Waals surface area contributed by atoms with Crippen LogP contribution < -0.4 is 0 Å². The summed E-state index contributed by atoms with van der Waals surface area (Å²) in [5.41, 5.74) is 0. The second-order valence-corrected chi connectivity index (χ2v) is 6.51. The molecule has 0 aliphatic carbocycles. The van der Waals surface area contributed by atoms with Gasteiger partial charge in [0.1, 0.15) is 0 Å². The van der Waals surface area contributed by atoms with Crippen LogP contribution in [0.2, 0.25) is 0 Å². The molecule has 66 valence electrons. The Balaban J connectivity index is 2.58. The Bertz CT molecular complexity index is 134. The van der Waals surface area contributed by atoms with Crippen molar-refractivity contribution in [2.45, 2.75) is 30.1 Å². The number of nitrogens with zero attached hydrogens (tertiary/aromatic N) is 1. The molecule has 0 amide bonds. The lowest BCUT2D eigenvalue weighted by atomic mass is 9.93. The average Bonchev–Trinajstić information content (AvgIpc) is 1.94. The van der Waals surface area contributed by atoms with Crippen molar-refractivity contribution in [3.63, 3.8) is 0 Å². The minimum atomic E-state index is 0.530. The summed E-state index contributed by atoms with van der Waals surface area (Å²) in [6.07, 6.45) is 2.74. The van der Waals surface area contributed by atoms with Crippen LogP contribution in [0.25, 0.3) is 0 Å². The summed E-state index contributed by atoms with van der Waals surface area (Å²) in [4.78, 5) is 2.45. The van der Waals surface area contributed by atoms with E-state index in [1.54, 1.807) is 0 Å². The molecule has 1 nitrogen and oxygen atoms in total. The molecular weight excluding hydrogens is 249 g/mol. The van der Waals surface area contributed by atoms with Gasteiger partial charge in [-0.05, 0) is 32.4 Å². The molecule has 1 heterocycles. The molecule has 2 atom stereocenters. The second-order valence-electron chi connectivity index (χ2n) is 4.04. The van der Waals surface area contributed by atoms with Crippen LogP contribution in [0.15, 0.2) is 0 Å². The van der Waals surface area contributed by atoms with E-state index in [9.17, 15) is 0 Å². The fraction of sp³-hybridized carbons (Fsp3) is 1.00. The standard InChI is InChI=1S/C9H18IN/c1-8-7-11(3)6-4-5-9(8,2)10/h8H,4-7H2,1-3H3/t8?,9-/m0/s1. The molecule has 1 aliphatic heterocycles. The van der Waals surface area contributed by atoms with Gasteiger partial charge in [-0.1, -0.05) is 36.4 Å². The fourth-order valence-corrected chi connectivity index (χ4v) is 2.27. The zero-order valence-corrected chi connectivity index (χ0v) is 9.89. The van der Waals surface area contributed by atoms with E-state index in [1.165, 1.54) is 25.9 Å². The maximum atomic E-state index is 2.63. The molecule has 0 aromatic carbocycles. The van der Waals surface area contributed by atoms with E-state index >= 15 is 0 Å². The van der Waals surface area contributed by atoms with Crippen molar-refractivity contribution in [3.8, 4) is 0 Å². The van der Waals surface area contributed by atoms with E-state index in [2.05, 4.69) is 48.4 Å². The lowest BCUT2D eigenvalue weighted by Crippen LogP contribution is -2.31. The van der Waals surface area contributed by atoms with Crippen LogP contribution in [0.5, 0.6) is 0 Å². The third-order valence-corrected chi connectivity index (χ3v) is 4.42. The number of halogens is 1. The summed E-state index contributed by atoms with van der Waals surface area (Å²) >= 11 is 2.63. The maximum absolute atomic E-state index is 2.63. The largest absolute Gasteiger partial charge is 0.306 e. The lowest BCUT2D eigenvalue weighted by molar-refractivity contribution is 0.299. The average molecular weight is 267 g/mol. The summed E-state index contributed by atoms with van der Waals surface area (Å²) in [5, 5.41) is 0. The highest BCUT2D eigenvalue weighted by atomic mass is 127. The first-order chi connectivity index (χ1) is 5.02. The molecule has 0 aromatic rings. The van der Waals surface area contributed by atoms with Crippen LogP contribution in [0, 0.1) is 5.92 Å². The molecule has 1 unspecified atom stereocenters. The summed E-state index contributed by atoms with van der Waals surface area (Å²) in [5.74, 6) is 0.829. The number of hydrogen-bond donors (Lipinski definition) is 0. The molecule has 1 saturated heterocycles. The molecule has 0 aromatic heterocycles. The summed E-state index contributed by atoms with van der Waals surface area (Å²) in [7, 11) is 2.23. The zero-order chi connectivity index (χ0) is 8.48. The van der Waals surface area contributed by atoms with Crippen LogP contribution in [-0.4, -0.2) is 28.5 Å². The van der Waals surface area contributed by atoms with Crippen molar-refractivity contribution < 1.29 is 0 Å². The van der Waals surface area contributed by atoms with Gasteiger partial charge in [0.15, 0.2) is 0 Å². The van der Waals surface area contributed by atoms with Crippen molar-refractivity contribution in [1.29, 1.82) is 0 Å². The van der Waals surface area contributed by atoms with Crippen LogP contribution in [0.1, 0.15) is 26.7 Å². The van der Waals surface area contributed by atoms with Gasteiger partial charge < -0.3 is 4.90 Å². The van der Waals surface area contributed by atoms with E-state index < -0.39 is 0 Å². The van der Waals surface area contributed by atoms with Gasteiger partial charge in [-0.2, -0.15) is 0 Å². The predicted octanol–water partition coefficient (Wildman–Crippen LogP) is 2.54. The molecule has 2 heteroatoms. The topological polar surface area (TPSA) is 3.24 Å². The van der Waals surface area contributed by atoms with Crippen LogP contribution in [0.3, 0.4) is 0 Å². The Morgan fingerprint density at radius 2 is 2.18 bits per heavy atom. The Morgan fingerprint density at radius 1 is 1.55 bits per heavy atom. The molecule has 0 radical (unpaired) electrons. The van der Waals surface area contributed by atoms with Crippen LogP contribution in [0.4, 0.5) is 0 Å². The normalized spacial score (nSPS) is 42.0. The van der Waals surface area contributed by atoms with Gasteiger partial charge >= 0.3 is 0 Å². The molecule has 0 spiro atoms. The molecule has 1 rings (SSSR count). The van der Waals surface area contributed by atoms with Gasteiger partial charge in [-0.15, -0.1) is 0 Å². The van der Waals surface area contributed by atoms with E-state index in [-0.39, 0.29) is 0 Å². The van der Waals surface area contributed by atoms with Gasteiger partial charge in [0.05, 0.1) is 0 Å². The van der Waals surface area contributed by atoms with Gasteiger partial charge in [0.2, 0.25) is 0 Å². The zero-order valence-electron chi connectivity index (χ0n) is 7.73. The van der Waals surface area contributed by atoms with E-state index in [0.717, 1.165) is 5.92 Å². The van der Waals surface area contributed by atoms with Crippen LogP contribution >= 0.6 is 22.6 Å². The maximum Gasteiger partial charge on any atom is 0.0232 e. The highest BCUT2D eigenvalue weighted by molar-refractivity contribution is 14.1. The summed E-state index contributed by atoms with van der Waals surface area (Å²) < 4.78 is 0.530. The first-order valence-corrected chi connectivity index (χ1v) is 5.48. The third-order valence-electron chi connectivity index (χ3n) is 2.82. The van der Waals surface area contributed by atoms with Crippen LogP contribution in [-0.2, 0) is 0 Å². The first-order valence-electron chi connectivity index (χ1n) is 4.40. The molecule has 1 fully saturated rings. The highest BCUT2D eigenvalue weighted by Gasteiger charge is 2.30. The number of alkyl halides is 1. The van der Waals surface area contributed by atoms with E-state index in [4.69, 9.17) is 0 Å². The molecule has 0 bridgehead atoms. The van der Waals surface area contributed by atoms with Gasteiger partial charge in [-0.3, -0.25) is 0 Å². The van der Waals surface area contributed by atoms with Gasteiger partial charge in [0, 0.05) is 9.97 Å². The van der Waals surface area contributed by atoms with Crippen molar-refractivity contribution in [1.82, 2.24) is 4.90 Å². The number of hydrogen-bond acceptors (Lipinski definition) is 1. The third kappa shape index (κ3) is 2.58. The lowest BCUT2D eigenvalue weighted by Gasteiger charge is -2.28. The minimum absolute atomic E-state index is 0.530. The van der Waals surface area contributed by atoms with Crippen molar-refractivity contribution in [2.24, 2.45) is 5.92 Å². The van der Waals surface area contributed by atoms with Gasteiger partial charge in [-0.25, -0.2) is 0 Å². The molecule has 11 heavy (non-hydrogen) atoms. The van der Waals surface area contributed by atoms with E-state index in [1.807, 2.05) is 0 Å². The smallest absolute Gasteiger partial charge is 0.0232 e. The van der Waals surface area contributed by atoms with E-state index in [0.29, 0.717) is 3.42 Å². The second kappa shape index (κ2) is 3.60. The molecular formula is C9H18IN. The Labute approximate surface area is 83.7 Å². The molecule has 0 N–H and O–H groups in total. The van der Waals surface area contributed by atoms with Crippen molar-refractivity contribution in [3.05, 3.63) is 0 Å². The Morgan fingerprint density at radius 3 is 2.82 bits per heavy atom. The van der Waals surface area contributed by atoms with Crippen molar-refractivity contribution >= 4 is 22.6 Å². The first kappa shape index (κ1) is 9.78. The predicted molar refractivity (Wildman–Crippen MR) is 58.3 cm³/mol. The fourth-order valence-electron chi connectivity index (χ4n) is 1.69. The minimum Gasteiger partial charge on any atom is -0.306 e. The van der Waals surface area contributed by atoms with Gasteiger partial charge in [0.25, 0.3) is 0 Å². The molecule has 1 aliphatic rings. The number of rotatable bonds is 0.